The molecule has 2 nitrogen and oxygen atoms in total. The smallest absolute Gasteiger partial charge is 0.0346 e. The van der Waals surface area contributed by atoms with Crippen molar-refractivity contribution in [1.29, 1.82) is 0 Å². The van der Waals surface area contributed by atoms with Gasteiger partial charge >= 0.3 is 0 Å². The molecule has 19 heavy (non-hydrogen) atoms. The molecule has 1 heterocycles. The van der Waals surface area contributed by atoms with Gasteiger partial charge in [0.15, 0.2) is 0 Å². The minimum atomic E-state index is 0.0836. The molecular weight excluding hydrogens is 232 g/mol. The maximum absolute atomic E-state index is 6.44. The van der Waals surface area contributed by atoms with Crippen LogP contribution in [-0.4, -0.2) is 4.98 Å². The van der Waals surface area contributed by atoms with E-state index in [0.29, 0.717) is 11.3 Å². The predicted octanol–water partition coefficient (Wildman–Crippen LogP) is 4.31. The lowest BCUT2D eigenvalue weighted by molar-refractivity contribution is 0.234. The Balaban J connectivity index is 2.29. The van der Waals surface area contributed by atoms with Crippen molar-refractivity contribution in [1.82, 2.24) is 4.98 Å². The monoisotopic (exact) mass is 256 g/mol. The third kappa shape index (κ3) is 3.13. The zero-order valence-corrected chi connectivity index (χ0v) is 12.4. The summed E-state index contributed by atoms with van der Waals surface area (Å²) in [5.74, 6) is 0.583. The molecular formula is C17H24N2. The van der Waals surface area contributed by atoms with E-state index in [-0.39, 0.29) is 6.04 Å². The van der Waals surface area contributed by atoms with Crippen molar-refractivity contribution < 1.29 is 0 Å². The quantitative estimate of drug-likeness (QED) is 0.889. The number of hydrogen-bond donors (Lipinski definition) is 1. The lowest BCUT2D eigenvalue weighted by Crippen LogP contribution is -2.23. The van der Waals surface area contributed by atoms with Crippen LogP contribution in [0.5, 0.6) is 0 Å². The second kappa shape index (κ2) is 5.30. The molecule has 0 aliphatic rings. The average molecular weight is 256 g/mol. The molecule has 1 aromatic heterocycles. The van der Waals surface area contributed by atoms with Crippen LogP contribution in [0.1, 0.15) is 45.7 Å². The topological polar surface area (TPSA) is 38.9 Å². The fourth-order valence-electron chi connectivity index (χ4n) is 2.33. The maximum atomic E-state index is 6.44. The number of nitrogens with two attached hydrogens (primary N) is 1. The van der Waals surface area contributed by atoms with Gasteiger partial charge in [-0.15, -0.1) is 0 Å². The number of pyridine rings is 1. The number of nitrogens with zero attached hydrogens (tertiary/aromatic N) is 1. The number of fused-ring (bicyclic) bond motifs is 1. The molecule has 0 radical (unpaired) electrons. The van der Waals surface area contributed by atoms with Gasteiger partial charge in [-0.1, -0.05) is 45.9 Å². The van der Waals surface area contributed by atoms with E-state index >= 15 is 0 Å². The van der Waals surface area contributed by atoms with Gasteiger partial charge in [0, 0.05) is 23.8 Å². The van der Waals surface area contributed by atoms with Crippen molar-refractivity contribution >= 4 is 10.8 Å². The zero-order chi connectivity index (χ0) is 14.0. The molecule has 0 fully saturated rings. The highest BCUT2D eigenvalue weighted by atomic mass is 14.6. The number of rotatable bonds is 3. The minimum Gasteiger partial charge on any atom is -0.324 e. The molecule has 0 amide bonds. The highest BCUT2D eigenvalue weighted by molar-refractivity contribution is 5.85. The van der Waals surface area contributed by atoms with Gasteiger partial charge in [0.05, 0.1) is 0 Å². The van der Waals surface area contributed by atoms with Gasteiger partial charge in [-0.2, -0.15) is 0 Å². The van der Waals surface area contributed by atoms with Crippen LogP contribution in [0.3, 0.4) is 0 Å². The molecule has 102 valence electrons. The molecule has 0 saturated carbocycles. The Labute approximate surface area is 116 Å². The third-order valence-electron chi connectivity index (χ3n) is 4.20. The minimum absolute atomic E-state index is 0.0836. The van der Waals surface area contributed by atoms with Gasteiger partial charge < -0.3 is 5.73 Å². The maximum Gasteiger partial charge on any atom is 0.0346 e. The first kappa shape index (κ1) is 14.0. The molecule has 0 saturated heterocycles. The number of aromatic nitrogens is 1. The van der Waals surface area contributed by atoms with Crippen molar-refractivity contribution in [2.45, 2.75) is 40.2 Å². The van der Waals surface area contributed by atoms with E-state index in [1.165, 1.54) is 16.3 Å². The van der Waals surface area contributed by atoms with Crippen LogP contribution < -0.4 is 5.73 Å². The summed E-state index contributed by atoms with van der Waals surface area (Å²) in [6.45, 7) is 9.11. The second-order valence-corrected chi connectivity index (χ2v) is 6.55. The summed E-state index contributed by atoms with van der Waals surface area (Å²) in [5, 5.41) is 2.39. The molecule has 0 spiro atoms. The van der Waals surface area contributed by atoms with Crippen LogP contribution in [0.15, 0.2) is 36.7 Å². The van der Waals surface area contributed by atoms with E-state index < -0.39 is 0 Å². The van der Waals surface area contributed by atoms with Gasteiger partial charge in [0.25, 0.3) is 0 Å². The molecule has 2 atom stereocenters. The molecule has 2 N–H and O–H groups in total. The Morgan fingerprint density at radius 1 is 1.21 bits per heavy atom. The molecule has 0 aliphatic heterocycles. The van der Waals surface area contributed by atoms with Crippen molar-refractivity contribution in [2.24, 2.45) is 17.1 Å². The Morgan fingerprint density at radius 3 is 2.63 bits per heavy atom. The molecule has 2 rings (SSSR count). The van der Waals surface area contributed by atoms with Gasteiger partial charge in [-0.25, -0.2) is 0 Å². The van der Waals surface area contributed by atoms with Crippen LogP contribution in [0.4, 0.5) is 0 Å². The Hall–Kier alpha value is -1.41. The fraction of sp³-hybridized carbons (Fsp3) is 0.471. The van der Waals surface area contributed by atoms with Gasteiger partial charge in [0.1, 0.15) is 0 Å². The Bertz CT molecular complexity index is 549. The lowest BCUT2D eigenvalue weighted by atomic mass is 9.77. The largest absolute Gasteiger partial charge is 0.324 e. The summed E-state index contributed by atoms with van der Waals surface area (Å²) in [7, 11) is 0. The van der Waals surface area contributed by atoms with Crippen molar-refractivity contribution in [3.05, 3.63) is 42.2 Å². The van der Waals surface area contributed by atoms with Crippen LogP contribution in [0, 0.1) is 11.3 Å². The first-order valence-electron chi connectivity index (χ1n) is 6.98. The summed E-state index contributed by atoms with van der Waals surface area (Å²) >= 11 is 0. The molecule has 0 aliphatic carbocycles. The normalized spacial score (nSPS) is 15.4. The standard InChI is InChI=1S/C17H24N2/c1-12(17(2,3)4)10-16(18)15-7-5-6-13-11-19-9-8-14(13)15/h5-9,11-12,16H,10,18H2,1-4H3. The van der Waals surface area contributed by atoms with Gasteiger partial charge in [-0.3, -0.25) is 4.98 Å². The summed E-state index contributed by atoms with van der Waals surface area (Å²) in [6, 6.07) is 8.45. The van der Waals surface area contributed by atoms with E-state index in [1.807, 2.05) is 12.4 Å². The van der Waals surface area contributed by atoms with Crippen LogP contribution in [0.2, 0.25) is 0 Å². The highest BCUT2D eigenvalue weighted by Crippen LogP contribution is 2.34. The van der Waals surface area contributed by atoms with Crippen molar-refractivity contribution in [2.75, 3.05) is 0 Å². The first-order valence-corrected chi connectivity index (χ1v) is 6.98. The number of benzene rings is 1. The van der Waals surface area contributed by atoms with Gasteiger partial charge in [0.2, 0.25) is 0 Å². The Morgan fingerprint density at radius 2 is 1.95 bits per heavy atom. The average Bonchev–Trinajstić information content (AvgIpc) is 2.36. The van der Waals surface area contributed by atoms with Gasteiger partial charge in [-0.05, 0) is 34.8 Å². The van der Waals surface area contributed by atoms with Crippen LogP contribution in [0.25, 0.3) is 10.8 Å². The third-order valence-corrected chi connectivity index (χ3v) is 4.20. The van der Waals surface area contributed by atoms with E-state index in [9.17, 15) is 0 Å². The zero-order valence-electron chi connectivity index (χ0n) is 12.4. The Kier molecular flexibility index (Phi) is 3.91. The first-order chi connectivity index (χ1) is 8.89. The number of hydrogen-bond acceptors (Lipinski definition) is 2. The second-order valence-electron chi connectivity index (χ2n) is 6.55. The SMILES string of the molecule is CC(CC(N)c1cccc2cnccc12)C(C)(C)C. The summed E-state index contributed by atoms with van der Waals surface area (Å²) in [5.41, 5.74) is 7.97. The van der Waals surface area contributed by atoms with E-state index in [2.05, 4.69) is 56.9 Å². The summed E-state index contributed by atoms with van der Waals surface area (Å²) < 4.78 is 0. The van der Waals surface area contributed by atoms with E-state index in [4.69, 9.17) is 5.73 Å². The van der Waals surface area contributed by atoms with E-state index in [1.54, 1.807) is 0 Å². The fourth-order valence-corrected chi connectivity index (χ4v) is 2.33. The predicted molar refractivity (Wildman–Crippen MR) is 81.9 cm³/mol. The van der Waals surface area contributed by atoms with Crippen LogP contribution >= 0.6 is 0 Å². The molecule has 1 aromatic carbocycles. The van der Waals surface area contributed by atoms with Crippen molar-refractivity contribution in [3.63, 3.8) is 0 Å². The molecule has 0 bridgehead atoms. The lowest BCUT2D eigenvalue weighted by Gasteiger charge is -2.30. The molecule has 2 heteroatoms. The highest BCUT2D eigenvalue weighted by Gasteiger charge is 2.23. The summed E-state index contributed by atoms with van der Waals surface area (Å²) in [4.78, 5) is 4.17. The van der Waals surface area contributed by atoms with E-state index in [0.717, 1.165) is 6.42 Å². The molecule has 2 unspecified atom stereocenters. The van der Waals surface area contributed by atoms with Crippen molar-refractivity contribution in [3.8, 4) is 0 Å². The molecule has 2 aromatic rings. The summed E-state index contributed by atoms with van der Waals surface area (Å²) in [6.07, 6.45) is 4.75. The van der Waals surface area contributed by atoms with Crippen LogP contribution in [-0.2, 0) is 0 Å².